The minimum absolute atomic E-state index is 0.0626. The second kappa shape index (κ2) is 6.19. The van der Waals surface area contributed by atoms with E-state index in [0.29, 0.717) is 0 Å². The fraction of sp³-hybridized carbons (Fsp3) is 0.250. The van der Waals surface area contributed by atoms with Crippen LogP contribution in [0.4, 0.5) is 11.4 Å². The van der Waals surface area contributed by atoms with Gasteiger partial charge in [-0.3, -0.25) is 9.78 Å². The van der Waals surface area contributed by atoms with Gasteiger partial charge in [-0.1, -0.05) is 6.07 Å². The molecule has 0 bridgehead atoms. The van der Waals surface area contributed by atoms with Crippen molar-refractivity contribution in [3.05, 3.63) is 53.9 Å². The molecule has 20 heavy (non-hydrogen) atoms. The van der Waals surface area contributed by atoms with Gasteiger partial charge in [0, 0.05) is 36.7 Å². The van der Waals surface area contributed by atoms with Crippen LogP contribution in [0, 0.1) is 6.92 Å². The Kier molecular flexibility index (Phi) is 4.35. The highest BCUT2D eigenvalue weighted by Crippen LogP contribution is 2.24. The van der Waals surface area contributed by atoms with E-state index in [1.54, 1.807) is 12.4 Å². The minimum Gasteiger partial charge on any atom is -0.378 e. The molecule has 0 aliphatic heterocycles. The third-order valence-electron chi connectivity index (χ3n) is 3.14. The number of carbonyl (C=O) groups excluding carboxylic acids is 1. The summed E-state index contributed by atoms with van der Waals surface area (Å²) in [5, 5.41) is 6.26. The Bertz CT molecular complexity index is 596. The summed E-state index contributed by atoms with van der Waals surface area (Å²) in [4.78, 5) is 15.2. The molecule has 2 aromatic rings. The first-order valence-corrected chi connectivity index (χ1v) is 6.61. The predicted octanol–water partition coefficient (Wildman–Crippen LogP) is 3.52. The van der Waals surface area contributed by atoms with Gasteiger partial charge in [-0.05, 0) is 49.2 Å². The Morgan fingerprint density at radius 2 is 1.90 bits per heavy atom. The molecule has 0 spiro atoms. The van der Waals surface area contributed by atoms with Crippen LogP contribution in [-0.2, 0) is 4.79 Å². The van der Waals surface area contributed by atoms with Crippen LogP contribution >= 0.6 is 0 Å². The Morgan fingerprint density at radius 1 is 1.20 bits per heavy atom. The van der Waals surface area contributed by atoms with Gasteiger partial charge in [0.2, 0.25) is 5.91 Å². The van der Waals surface area contributed by atoms with E-state index in [2.05, 4.69) is 22.5 Å². The highest BCUT2D eigenvalue weighted by atomic mass is 16.1. The van der Waals surface area contributed by atoms with Crippen molar-refractivity contribution in [1.82, 2.24) is 4.98 Å². The van der Waals surface area contributed by atoms with Crippen LogP contribution in [0.1, 0.15) is 31.0 Å². The molecule has 1 atom stereocenters. The van der Waals surface area contributed by atoms with Crippen molar-refractivity contribution in [3.63, 3.8) is 0 Å². The molecule has 104 valence electrons. The predicted molar refractivity (Wildman–Crippen MR) is 81.8 cm³/mol. The first-order chi connectivity index (χ1) is 9.56. The largest absolute Gasteiger partial charge is 0.378 e. The average Bonchev–Trinajstić information content (AvgIpc) is 2.43. The van der Waals surface area contributed by atoms with Crippen molar-refractivity contribution in [2.24, 2.45) is 0 Å². The maximum atomic E-state index is 11.2. The molecule has 1 aromatic carbocycles. The van der Waals surface area contributed by atoms with Gasteiger partial charge in [-0.2, -0.15) is 0 Å². The number of amides is 1. The van der Waals surface area contributed by atoms with Gasteiger partial charge in [-0.15, -0.1) is 0 Å². The van der Waals surface area contributed by atoms with Gasteiger partial charge >= 0.3 is 0 Å². The SMILES string of the molecule is CC(=O)Nc1cc(NC(C)c2ccncc2)ccc1C. The van der Waals surface area contributed by atoms with Gasteiger partial charge in [0.15, 0.2) is 0 Å². The molecule has 0 fully saturated rings. The van der Waals surface area contributed by atoms with Gasteiger partial charge in [0.05, 0.1) is 0 Å². The number of carbonyl (C=O) groups is 1. The van der Waals surface area contributed by atoms with Gasteiger partial charge in [-0.25, -0.2) is 0 Å². The normalized spacial score (nSPS) is 11.8. The van der Waals surface area contributed by atoms with Crippen LogP contribution in [0.25, 0.3) is 0 Å². The van der Waals surface area contributed by atoms with Crippen LogP contribution in [0.3, 0.4) is 0 Å². The minimum atomic E-state index is -0.0626. The highest BCUT2D eigenvalue weighted by Gasteiger charge is 2.07. The molecule has 1 heterocycles. The van der Waals surface area contributed by atoms with Crippen molar-refractivity contribution >= 4 is 17.3 Å². The summed E-state index contributed by atoms with van der Waals surface area (Å²) in [5.41, 5.74) is 4.03. The van der Waals surface area contributed by atoms with Crippen molar-refractivity contribution in [2.45, 2.75) is 26.8 Å². The van der Waals surface area contributed by atoms with Crippen molar-refractivity contribution in [3.8, 4) is 0 Å². The van der Waals surface area contributed by atoms with Crippen LogP contribution in [0.5, 0.6) is 0 Å². The summed E-state index contributed by atoms with van der Waals surface area (Å²) < 4.78 is 0. The van der Waals surface area contributed by atoms with E-state index in [-0.39, 0.29) is 11.9 Å². The summed E-state index contributed by atoms with van der Waals surface area (Å²) in [6, 6.07) is 10.1. The number of aryl methyl sites for hydroxylation is 1. The van der Waals surface area contributed by atoms with Crippen molar-refractivity contribution < 1.29 is 4.79 Å². The zero-order valence-corrected chi connectivity index (χ0v) is 12.0. The quantitative estimate of drug-likeness (QED) is 0.893. The molecule has 1 aromatic heterocycles. The molecular formula is C16H19N3O. The van der Waals surface area contributed by atoms with E-state index in [1.807, 2.05) is 37.3 Å². The zero-order valence-electron chi connectivity index (χ0n) is 12.0. The summed E-state index contributed by atoms with van der Waals surface area (Å²) in [6.45, 7) is 5.58. The summed E-state index contributed by atoms with van der Waals surface area (Å²) in [6.07, 6.45) is 3.57. The number of nitrogens with zero attached hydrogens (tertiary/aromatic N) is 1. The lowest BCUT2D eigenvalue weighted by Gasteiger charge is -2.17. The van der Waals surface area contributed by atoms with E-state index in [1.165, 1.54) is 12.5 Å². The third-order valence-corrected chi connectivity index (χ3v) is 3.14. The highest BCUT2D eigenvalue weighted by molar-refractivity contribution is 5.90. The molecule has 1 amide bonds. The second-order valence-corrected chi connectivity index (χ2v) is 4.86. The van der Waals surface area contributed by atoms with Crippen molar-refractivity contribution in [1.29, 1.82) is 0 Å². The first kappa shape index (κ1) is 14.1. The van der Waals surface area contributed by atoms with E-state index in [4.69, 9.17) is 0 Å². The molecule has 1 unspecified atom stereocenters. The number of hydrogen-bond donors (Lipinski definition) is 2. The second-order valence-electron chi connectivity index (χ2n) is 4.86. The van der Waals surface area contributed by atoms with Crippen LogP contribution < -0.4 is 10.6 Å². The van der Waals surface area contributed by atoms with Gasteiger partial charge < -0.3 is 10.6 Å². The first-order valence-electron chi connectivity index (χ1n) is 6.61. The molecule has 0 saturated carbocycles. The smallest absolute Gasteiger partial charge is 0.221 e. The average molecular weight is 269 g/mol. The maximum absolute atomic E-state index is 11.2. The van der Waals surface area contributed by atoms with E-state index >= 15 is 0 Å². The van der Waals surface area contributed by atoms with Crippen LogP contribution in [-0.4, -0.2) is 10.9 Å². The Balaban J connectivity index is 2.15. The molecule has 0 aliphatic carbocycles. The number of hydrogen-bond acceptors (Lipinski definition) is 3. The number of rotatable bonds is 4. The molecular weight excluding hydrogens is 250 g/mol. The lowest BCUT2D eigenvalue weighted by atomic mass is 10.1. The topological polar surface area (TPSA) is 54.0 Å². The summed E-state index contributed by atoms with van der Waals surface area (Å²) in [7, 11) is 0. The van der Waals surface area contributed by atoms with E-state index in [9.17, 15) is 4.79 Å². The third kappa shape index (κ3) is 3.57. The van der Waals surface area contributed by atoms with E-state index < -0.39 is 0 Å². The lowest BCUT2D eigenvalue weighted by molar-refractivity contribution is -0.114. The maximum Gasteiger partial charge on any atom is 0.221 e. The van der Waals surface area contributed by atoms with Crippen molar-refractivity contribution in [2.75, 3.05) is 10.6 Å². The molecule has 2 rings (SSSR count). The summed E-state index contributed by atoms with van der Waals surface area (Å²) >= 11 is 0. The molecule has 0 saturated heterocycles. The molecule has 2 N–H and O–H groups in total. The molecule has 4 heteroatoms. The van der Waals surface area contributed by atoms with Gasteiger partial charge in [0.1, 0.15) is 0 Å². The fourth-order valence-corrected chi connectivity index (χ4v) is 2.02. The number of nitrogens with one attached hydrogen (secondary N) is 2. The summed E-state index contributed by atoms with van der Waals surface area (Å²) in [5.74, 6) is -0.0626. The number of pyridine rings is 1. The fourth-order valence-electron chi connectivity index (χ4n) is 2.02. The number of aromatic nitrogens is 1. The monoisotopic (exact) mass is 269 g/mol. The van der Waals surface area contributed by atoms with Gasteiger partial charge in [0.25, 0.3) is 0 Å². The molecule has 0 radical (unpaired) electrons. The van der Waals surface area contributed by atoms with Crippen LogP contribution in [0.15, 0.2) is 42.7 Å². The Morgan fingerprint density at radius 3 is 2.55 bits per heavy atom. The number of benzene rings is 1. The Labute approximate surface area is 119 Å². The van der Waals surface area contributed by atoms with Crippen LogP contribution in [0.2, 0.25) is 0 Å². The zero-order chi connectivity index (χ0) is 14.5. The lowest BCUT2D eigenvalue weighted by Crippen LogP contribution is -2.09. The Hall–Kier alpha value is -2.36. The standard InChI is InChI=1S/C16H19N3O/c1-11-4-5-15(10-16(11)19-13(3)20)18-12(2)14-6-8-17-9-7-14/h4-10,12,18H,1-3H3,(H,19,20). The number of anilines is 2. The molecule has 0 aliphatic rings. The molecule has 4 nitrogen and oxygen atoms in total. The van der Waals surface area contributed by atoms with E-state index in [0.717, 1.165) is 16.9 Å².